The number of methoxy groups -OCH3 is 1. The standard InChI is InChI=1S/C21H20F3N3O2.Mn/c1-28-14-10-27(11-14)18-12-29-19-9-5-2-6-15(19)20(18)26-17-8-4-3-7-16(17)25-13-21(22,23)24;/h2-6,8-9,14,18,20,26H,10-12H2,1H3;/q-2;+2/t18-,20-;/m0./s1. The summed E-state index contributed by atoms with van der Waals surface area (Å²) in [6.07, 6.45) is -3.22. The third-order valence-corrected chi connectivity index (χ3v) is 5.17. The van der Waals surface area contributed by atoms with Gasteiger partial charge in [0, 0.05) is 25.8 Å². The smallest absolute Gasteiger partial charge is 0.491 e. The van der Waals surface area contributed by atoms with E-state index in [9.17, 15) is 13.2 Å². The van der Waals surface area contributed by atoms with Crippen LogP contribution < -0.4 is 10.1 Å². The van der Waals surface area contributed by atoms with Gasteiger partial charge in [0.25, 0.3) is 0 Å². The Labute approximate surface area is 183 Å². The van der Waals surface area contributed by atoms with E-state index in [4.69, 9.17) is 9.47 Å². The minimum absolute atomic E-state index is 0. The van der Waals surface area contributed by atoms with Gasteiger partial charge in [0.05, 0.1) is 18.2 Å². The van der Waals surface area contributed by atoms with Gasteiger partial charge in [-0.05, 0) is 6.07 Å². The van der Waals surface area contributed by atoms with E-state index < -0.39 is 6.18 Å². The van der Waals surface area contributed by atoms with E-state index in [1.807, 2.05) is 24.3 Å². The number of aliphatic imine (C=N–C) groups is 1. The molecule has 0 saturated carbocycles. The second-order valence-corrected chi connectivity index (χ2v) is 7.00. The van der Waals surface area contributed by atoms with Crippen molar-refractivity contribution in [2.24, 2.45) is 4.99 Å². The number of ether oxygens (including phenoxy) is 2. The molecule has 2 heterocycles. The van der Waals surface area contributed by atoms with E-state index in [1.165, 1.54) is 12.3 Å². The minimum atomic E-state index is -4.61. The quantitative estimate of drug-likeness (QED) is 0.420. The van der Waals surface area contributed by atoms with Crippen LogP contribution in [-0.2, 0) is 21.8 Å². The van der Waals surface area contributed by atoms with Gasteiger partial charge >= 0.3 is 23.2 Å². The van der Waals surface area contributed by atoms with Crippen LogP contribution >= 0.6 is 0 Å². The molecule has 0 aromatic heterocycles. The number of anilines is 1. The van der Waals surface area contributed by atoms with E-state index in [0.29, 0.717) is 12.3 Å². The molecule has 30 heavy (non-hydrogen) atoms. The molecule has 9 heteroatoms. The first kappa shape index (κ1) is 22.6. The number of hydrogen-bond donors (Lipinski definition) is 1. The van der Waals surface area contributed by atoms with Crippen molar-refractivity contribution in [3.8, 4) is 5.75 Å². The molecule has 5 nitrogen and oxygen atoms in total. The van der Waals surface area contributed by atoms with Gasteiger partial charge in [0.2, 0.25) is 0 Å². The zero-order valence-electron chi connectivity index (χ0n) is 16.1. The maximum atomic E-state index is 12.5. The summed E-state index contributed by atoms with van der Waals surface area (Å²) in [6.45, 7) is 2.02. The summed E-state index contributed by atoms with van der Waals surface area (Å²) < 4.78 is 49.0. The average Bonchev–Trinajstić information content (AvgIpc) is 2.67. The fourth-order valence-electron chi connectivity index (χ4n) is 3.65. The van der Waals surface area contributed by atoms with Gasteiger partial charge in [-0.15, -0.1) is 5.69 Å². The molecule has 2 aromatic rings. The minimum Gasteiger partial charge on any atom is -0.491 e. The Hall–Kier alpha value is -2.06. The van der Waals surface area contributed by atoms with Crippen LogP contribution in [-0.4, -0.2) is 56.2 Å². The van der Waals surface area contributed by atoms with Gasteiger partial charge in [-0.25, -0.2) is 0 Å². The molecule has 2 atom stereocenters. The molecule has 4 rings (SSSR count). The van der Waals surface area contributed by atoms with Crippen molar-refractivity contribution in [2.45, 2.75) is 24.4 Å². The SMILES string of the molecule is COC1CN([C@H]2COc3ccccc3[C@@H]2Nc2ccc[c-]c2N=[C-]C(F)(F)F)C1.[Mn+2]. The summed E-state index contributed by atoms with van der Waals surface area (Å²) in [5.41, 5.74) is 1.47. The third-order valence-electron chi connectivity index (χ3n) is 5.17. The van der Waals surface area contributed by atoms with Crippen LogP contribution in [0.5, 0.6) is 5.75 Å². The number of alkyl halides is 3. The molecule has 2 aliphatic heterocycles. The number of hydrogen-bond acceptors (Lipinski definition) is 5. The van der Waals surface area contributed by atoms with E-state index in [1.54, 1.807) is 19.2 Å². The Kier molecular flexibility index (Phi) is 7.08. The van der Waals surface area contributed by atoms with E-state index in [2.05, 4.69) is 21.3 Å². The maximum absolute atomic E-state index is 12.5. The van der Waals surface area contributed by atoms with Gasteiger partial charge in [-0.1, -0.05) is 24.4 Å². The zero-order chi connectivity index (χ0) is 20.4. The predicted molar refractivity (Wildman–Crippen MR) is 103 cm³/mol. The molecule has 1 saturated heterocycles. The molecule has 0 unspecified atom stereocenters. The fraction of sp³-hybridized carbons (Fsp3) is 0.381. The molecule has 1 fully saturated rings. The molecule has 2 aliphatic rings. The molecule has 0 aliphatic carbocycles. The number of nitrogens with zero attached hydrogens (tertiary/aromatic N) is 2. The Morgan fingerprint density at radius 3 is 2.73 bits per heavy atom. The predicted octanol–water partition coefficient (Wildman–Crippen LogP) is 3.87. The largest absolute Gasteiger partial charge is 2.00 e. The Balaban J connectivity index is 0.00000256. The molecule has 2 aromatic carbocycles. The van der Waals surface area contributed by atoms with Crippen LogP contribution in [0.2, 0.25) is 0 Å². The average molecular weight is 458 g/mol. The number of fused-ring (bicyclic) bond motifs is 1. The first-order chi connectivity index (χ1) is 13.9. The van der Waals surface area contributed by atoms with Crippen LogP contribution in [0.4, 0.5) is 24.5 Å². The van der Waals surface area contributed by atoms with Crippen molar-refractivity contribution >= 4 is 17.6 Å². The van der Waals surface area contributed by atoms with E-state index >= 15 is 0 Å². The number of likely N-dealkylation sites (tertiary alicyclic amines) is 1. The van der Waals surface area contributed by atoms with E-state index in [-0.39, 0.29) is 40.9 Å². The first-order valence-corrected chi connectivity index (χ1v) is 9.25. The fourth-order valence-corrected chi connectivity index (χ4v) is 3.65. The molecular formula is C21H20F3MnN3O2. The van der Waals surface area contributed by atoms with Gasteiger partial charge in [0.15, 0.2) is 0 Å². The normalized spacial score (nSPS) is 22.0. The number of nitrogens with one attached hydrogen (secondary N) is 1. The number of benzene rings is 2. The van der Waals surface area contributed by atoms with Gasteiger partial charge < -0.3 is 19.8 Å². The molecule has 0 bridgehead atoms. The van der Waals surface area contributed by atoms with Crippen molar-refractivity contribution < 1.29 is 39.7 Å². The summed E-state index contributed by atoms with van der Waals surface area (Å²) in [5, 5.41) is 3.38. The Morgan fingerprint density at radius 1 is 1.23 bits per heavy atom. The molecule has 159 valence electrons. The molecule has 1 N–H and O–H groups in total. The van der Waals surface area contributed by atoms with Crippen LogP contribution in [0, 0.1) is 6.07 Å². The summed E-state index contributed by atoms with van der Waals surface area (Å²) in [4.78, 5) is 5.72. The van der Waals surface area contributed by atoms with Gasteiger partial charge in [0.1, 0.15) is 12.4 Å². The monoisotopic (exact) mass is 458 g/mol. The second-order valence-electron chi connectivity index (χ2n) is 7.00. The van der Waals surface area contributed by atoms with Crippen LogP contribution in [0.25, 0.3) is 0 Å². The summed E-state index contributed by atoms with van der Waals surface area (Å²) in [5.74, 6) is 0.761. The topological polar surface area (TPSA) is 46.1 Å². The molecular weight excluding hydrogens is 438 g/mol. The molecule has 1 radical (unpaired) electrons. The van der Waals surface area contributed by atoms with Gasteiger partial charge in [-0.2, -0.15) is 37.1 Å². The number of para-hydroxylation sites is 2. The first-order valence-electron chi connectivity index (χ1n) is 9.25. The summed E-state index contributed by atoms with van der Waals surface area (Å²) in [6, 6.07) is 15.2. The summed E-state index contributed by atoms with van der Waals surface area (Å²) in [7, 11) is 1.69. The van der Waals surface area contributed by atoms with Crippen molar-refractivity contribution in [3.63, 3.8) is 0 Å². The summed E-state index contributed by atoms with van der Waals surface area (Å²) >= 11 is 0. The van der Waals surface area contributed by atoms with Crippen LogP contribution in [0.15, 0.2) is 47.5 Å². The third kappa shape index (κ3) is 4.98. The second kappa shape index (κ2) is 9.39. The molecule has 0 spiro atoms. The number of rotatable bonds is 5. The Bertz CT molecular complexity index is 888. The maximum Gasteiger partial charge on any atom is 2.00 e. The van der Waals surface area contributed by atoms with Gasteiger partial charge in [-0.3, -0.25) is 11.0 Å². The van der Waals surface area contributed by atoms with Crippen molar-refractivity contribution in [1.82, 2.24) is 4.90 Å². The van der Waals surface area contributed by atoms with Crippen LogP contribution in [0.1, 0.15) is 11.6 Å². The van der Waals surface area contributed by atoms with Crippen molar-refractivity contribution in [3.05, 3.63) is 54.1 Å². The zero-order valence-corrected chi connectivity index (χ0v) is 17.3. The van der Waals surface area contributed by atoms with Crippen molar-refractivity contribution in [1.29, 1.82) is 0 Å². The molecule has 0 amide bonds. The number of halogens is 3. The Morgan fingerprint density at radius 2 is 2.00 bits per heavy atom. The van der Waals surface area contributed by atoms with Crippen LogP contribution in [0.3, 0.4) is 0 Å². The van der Waals surface area contributed by atoms with E-state index in [0.717, 1.165) is 24.4 Å². The van der Waals surface area contributed by atoms with Crippen molar-refractivity contribution in [2.75, 3.05) is 32.1 Å².